The van der Waals surface area contributed by atoms with Crippen LogP contribution in [-0.2, 0) is 4.74 Å². The number of benzene rings is 1. The van der Waals surface area contributed by atoms with Gasteiger partial charge in [0.2, 0.25) is 0 Å². The minimum Gasteiger partial charge on any atom is -0.465 e. The molecule has 0 saturated carbocycles. The summed E-state index contributed by atoms with van der Waals surface area (Å²) in [5.74, 6) is 0.319. The minimum atomic E-state index is -0.331. The van der Waals surface area contributed by atoms with Gasteiger partial charge in [-0.25, -0.2) is 4.79 Å². The quantitative estimate of drug-likeness (QED) is 0.629. The van der Waals surface area contributed by atoms with E-state index in [0.29, 0.717) is 11.3 Å². The molecule has 0 unspecified atom stereocenters. The molecule has 15 heavy (non-hydrogen) atoms. The molecule has 0 radical (unpaired) electrons. The van der Waals surface area contributed by atoms with Crippen molar-refractivity contribution in [1.29, 1.82) is 0 Å². The van der Waals surface area contributed by atoms with Gasteiger partial charge in [-0.1, -0.05) is 0 Å². The Morgan fingerprint density at radius 1 is 1.47 bits per heavy atom. The normalized spacial score (nSPS) is 12.2. The second kappa shape index (κ2) is 5.78. The SMILES string of the molecule is COC(=O)c1ccc(SC[C@H](C)O)cc1. The standard InChI is InChI=1S/C11H14O3S/c1-8(12)7-15-10-5-3-9(4-6-10)11(13)14-2/h3-6,8,12H,7H2,1-2H3/t8-/m0/s1. The first kappa shape index (κ1) is 12.1. The van der Waals surface area contributed by atoms with Gasteiger partial charge in [0.05, 0.1) is 18.8 Å². The fraction of sp³-hybridized carbons (Fsp3) is 0.364. The van der Waals surface area contributed by atoms with E-state index in [-0.39, 0.29) is 12.1 Å². The number of aliphatic hydroxyl groups excluding tert-OH is 1. The molecule has 1 N–H and O–H groups in total. The Labute approximate surface area is 93.4 Å². The second-order valence-corrected chi connectivity index (χ2v) is 4.27. The van der Waals surface area contributed by atoms with Crippen molar-refractivity contribution in [2.24, 2.45) is 0 Å². The van der Waals surface area contributed by atoms with Crippen LogP contribution in [0.15, 0.2) is 29.2 Å². The lowest BCUT2D eigenvalue weighted by Crippen LogP contribution is -2.03. The smallest absolute Gasteiger partial charge is 0.337 e. The van der Waals surface area contributed by atoms with E-state index >= 15 is 0 Å². The molecule has 0 fully saturated rings. The van der Waals surface area contributed by atoms with Crippen LogP contribution in [0.3, 0.4) is 0 Å². The van der Waals surface area contributed by atoms with Gasteiger partial charge in [-0.05, 0) is 31.2 Å². The number of methoxy groups -OCH3 is 1. The van der Waals surface area contributed by atoms with E-state index in [9.17, 15) is 4.79 Å². The van der Waals surface area contributed by atoms with E-state index in [1.54, 1.807) is 30.8 Å². The van der Waals surface area contributed by atoms with Crippen LogP contribution in [0.25, 0.3) is 0 Å². The van der Waals surface area contributed by atoms with E-state index in [1.807, 2.05) is 12.1 Å². The molecule has 0 saturated heterocycles. The van der Waals surface area contributed by atoms with Gasteiger partial charge >= 0.3 is 5.97 Å². The molecular formula is C11H14O3S. The lowest BCUT2D eigenvalue weighted by atomic mass is 10.2. The van der Waals surface area contributed by atoms with Gasteiger partial charge in [-0.2, -0.15) is 0 Å². The Hall–Kier alpha value is -1.00. The number of rotatable bonds is 4. The zero-order valence-corrected chi connectivity index (χ0v) is 9.58. The average molecular weight is 226 g/mol. The van der Waals surface area contributed by atoms with Crippen molar-refractivity contribution in [3.8, 4) is 0 Å². The van der Waals surface area contributed by atoms with Gasteiger partial charge in [0.15, 0.2) is 0 Å². The molecule has 0 spiro atoms. The van der Waals surface area contributed by atoms with E-state index < -0.39 is 0 Å². The van der Waals surface area contributed by atoms with Crippen molar-refractivity contribution < 1.29 is 14.6 Å². The van der Waals surface area contributed by atoms with Gasteiger partial charge in [0.1, 0.15) is 0 Å². The minimum absolute atomic E-state index is 0.324. The van der Waals surface area contributed by atoms with Crippen molar-refractivity contribution in [2.45, 2.75) is 17.9 Å². The molecular weight excluding hydrogens is 212 g/mol. The molecule has 1 rings (SSSR count). The highest BCUT2D eigenvalue weighted by Crippen LogP contribution is 2.19. The maximum atomic E-state index is 11.1. The van der Waals surface area contributed by atoms with E-state index in [2.05, 4.69) is 4.74 Å². The molecule has 1 aromatic rings. The van der Waals surface area contributed by atoms with Crippen LogP contribution in [0, 0.1) is 0 Å². The monoisotopic (exact) mass is 226 g/mol. The highest BCUT2D eigenvalue weighted by molar-refractivity contribution is 7.99. The van der Waals surface area contributed by atoms with Crippen LogP contribution >= 0.6 is 11.8 Å². The predicted molar refractivity (Wildman–Crippen MR) is 60.2 cm³/mol. The van der Waals surface area contributed by atoms with Crippen molar-refractivity contribution in [1.82, 2.24) is 0 Å². The third-order valence-corrected chi connectivity index (χ3v) is 3.02. The number of ether oxygens (including phenoxy) is 1. The van der Waals surface area contributed by atoms with Gasteiger partial charge in [0, 0.05) is 10.6 Å². The van der Waals surface area contributed by atoms with Gasteiger partial charge in [0.25, 0.3) is 0 Å². The highest BCUT2D eigenvalue weighted by Gasteiger charge is 2.04. The molecule has 0 aliphatic heterocycles. The first-order valence-electron chi connectivity index (χ1n) is 4.62. The molecule has 0 amide bonds. The van der Waals surface area contributed by atoms with Crippen molar-refractivity contribution in [3.05, 3.63) is 29.8 Å². The highest BCUT2D eigenvalue weighted by atomic mass is 32.2. The summed E-state index contributed by atoms with van der Waals surface area (Å²) < 4.78 is 4.59. The summed E-state index contributed by atoms with van der Waals surface area (Å²) in [6, 6.07) is 7.13. The summed E-state index contributed by atoms with van der Waals surface area (Å²) in [6.45, 7) is 1.75. The fourth-order valence-corrected chi connectivity index (χ4v) is 1.78. The Morgan fingerprint density at radius 3 is 2.53 bits per heavy atom. The summed E-state index contributed by atoms with van der Waals surface area (Å²) in [5, 5.41) is 9.10. The number of thioether (sulfide) groups is 1. The molecule has 0 bridgehead atoms. The Bertz CT molecular complexity index is 319. The first-order valence-corrected chi connectivity index (χ1v) is 5.61. The number of carbonyl (C=O) groups is 1. The van der Waals surface area contributed by atoms with Crippen molar-refractivity contribution >= 4 is 17.7 Å². The zero-order valence-electron chi connectivity index (χ0n) is 8.77. The second-order valence-electron chi connectivity index (χ2n) is 3.18. The van der Waals surface area contributed by atoms with Gasteiger partial charge in [-0.15, -0.1) is 11.8 Å². The largest absolute Gasteiger partial charge is 0.465 e. The van der Waals surface area contributed by atoms with E-state index in [4.69, 9.17) is 5.11 Å². The van der Waals surface area contributed by atoms with E-state index in [1.165, 1.54) is 7.11 Å². The van der Waals surface area contributed by atoms with Crippen LogP contribution in [-0.4, -0.2) is 30.0 Å². The third-order valence-electron chi connectivity index (χ3n) is 1.77. The number of aliphatic hydroxyl groups is 1. The molecule has 0 aliphatic carbocycles. The number of hydrogen-bond acceptors (Lipinski definition) is 4. The lowest BCUT2D eigenvalue weighted by molar-refractivity contribution is 0.0600. The maximum Gasteiger partial charge on any atom is 0.337 e. The van der Waals surface area contributed by atoms with Gasteiger partial charge < -0.3 is 9.84 Å². The number of esters is 1. The maximum absolute atomic E-state index is 11.1. The Morgan fingerprint density at radius 2 is 2.07 bits per heavy atom. The van der Waals surface area contributed by atoms with Crippen LogP contribution in [0.2, 0.25) is 0 Å². The molecule has 3 nitrogen and oxygen atoms in total. The number of hydrogen-bond donors (Lipinski definition) is 1. The molecule has 0 aromatic heterocycles. The Balaban J connectivity index is 2.60. The predicted octanol–water partition coefficient (Wildman–Crippen LogP) is 1.95. The van der Waals surface area contributed by atoms with Crippen molar-refractivity contribution in [3.63, 3.8) is 0 Å². The average Bonchev–Trinajstić information content (AvgIpc) is 2.26. The zero-order chi connectivity index (χ0) is 11.3. The Kier molecular flexibility index (Phi) is 4.65. The molecule has 0 aliphatic rings. The lowest BCUT2D eigenvalue weighted by Gasteiger charge is -2.04. The molecule has 1 aromatic carbocycles. The molecule has 0 heterocycles. The van der Waals surface area contributed by atoms with Crippen molar-refractivity contribution in [2.75, 3.05) is 12.9 Å². The van der Waals surface area contributed by atoms with Crippen LogP contribution in [0.5, 0.6) is 0 Å². The van der Waals surface area contributed by atoms with Crippen LogP contribution in [0.4, 0.5) is 0 Å². The third kappa shape index (κ3) is 3.93. The fourth-order valence-electron chi connectivity index (χ4n) is 1.02. The summed E-state index contributed by atoms with van der Waals surface area (Å²) >= 11 is 1.55. The number of carbonyl (C=O) groups excluding carboxylic acids is 1. The van der Waals surface area contributed by atoms with Crippen LogP contribution < -0.4 is 0 Å². The summed E-state index contributed by atoms with van der Waals surface area (Å²) in [7, 11) is 1.36. The molecule has 4 heteroatoms. The summed E-state index contributed by atoms with van der Waals surface area (Å²) in [6.07, 6.45) is -0.324. The first-order chi connectivity index (χ1) is 7.13. The summed E-state index contributed by atoms with van der Waals surface area (Å²) in [4.78, 5) is 12.2. The van der Waals surface area contributed by atoms with E-state index in [0.717, 1.165) is 4.90 Å². The summed E-state index contributed by atoms with van der Waals surface area (Å²) in [5.41, 5.74) is 0.541. The molecule has 1 atom stereocenters. The topological polar surface area (TPSA) is 46.5 Å². The van der Waals surface area contributed by atoms with Gasteiger partial charge in [-0.3, -0.25) is 0 Å². The molecule has 82 valence electrons. The van der Waals surface area contributed by atoms with Crippen LogP contribution in [0.1, 0.15) is 17.3 Å².